The van der Waals surface area contributed by atoms with Gasteiger partial charge in [-0.25, -0.2) is 0 Å². The quantitative estimate of drug-likeness (QED) is 0.0343. The Kier molecular flexibility index (Phi) is 63.0. The lowest BCUT2D eigenvalue weighted by Gasteiger charge is -2.18. The first-order valence-electron chi connectivity index (χ1n) is 31.5. The molecule has 0 aliphatic carbocycles. The summed E-state index contributed by atoms with van der Waals surface area (Å²) >= 11 is 0. The second-order valence-electron chi connectivity index (χ2n) is 21.3. The highest BCUT2D eigenvalue weighted by atomic mass is 16.6. The molecule has 0 aromatic rings. The molecule has 6 nitrogen and oxygen atoms in total. The van der Waals surface area contributed by atoms with E-state index in [0.717, 1.165) is 57.8 Å². The Morgan fingerprint density at radius 3 is 0.594 bits per heavy atom. The van der Waals surface area contributed by atoms with Crippen LogP contribution in [-0.2, 0) is 28.6 Å². The monoisotopic (exact) mass is 977 g/mol. The van der Waals surface area contributed by atoms with E-state index in [0.29, 0.717) is 19.3 Å². The maximum Gasteiger partial charge on any atom is 0.306 e. The van der Waals surface area contributed by atoms with Crippen LogP contribution in [0.15, 0.2) is 0 Å². The Labute approximate surface area is 432 Å². The van der Waals surface area contributed by atoms with E-state index in [1.54, 1.807) is 0 Å². The molecule has 69 heavy (non-hydrogen) atoms. The normalized spacial score (nSPS) is 11.2. The van der Waals surface area contributed by atoms with E-state index < -0.39 is 6.10 Å². The van der Waals surface area contributed by atoms with Gasteiger partial charge in [0, 0.05) is 19.3 Å². The fourth-order valence-corrected chi connectivity index (χ4v) is 9.30. The molecular weight excluding hydrogens is 853 g/mol. The summed E-state index contributed by atoms with van der Waals surface area (Å²) in [6.45, 7) is 11.2. The fourth-order valence-electron chi connectivity index (χ4n) is 9.30. The molecule has 0 atom stereocenters. The van der Waals surface area contributed by atoms with Gasteiger partial charge in [0.2, 0.25) is 0 Å². The molecule has 0 N–H and O–H groups in total. The van der Waals surface area contributed by atoms with Gasteiger partial charge in [0.05, 0.1) is 0 Å². The van der Waals surface area contributed by atoms with E-state index in [1.165, 1.54) is 257 Å². The highest BCUT2D eigenvalue weighted by molar-refractivity contribution is 5.71. The number of carbonyl (C=O) groups is 3. The van der Waals surface area contributed by atoms with Crippen molar-refractivity contribution in [1.82, 2.24) is 0 Å². The predicted octanol–water partition coefficient (Wildman–Crippen LogP) is 21.4. The largest absolute Gasteiger partial charge is 0.462 e. The lowest BCUT2D eigenvalue weighted by Crippen LogP contribution is -2.30. The van der Waals surface area contributed by atoms with E-state index in [-0.39, 0.29) is 31.1 Å². The van der Waals surface area contributed by atoms with Gasteiger partial charge in [0.15, 0.2) is 6.10 Å². The third-order valence-electron chi connectivity index (χ3n) is 14.1. The first-order valence-corrected chi connectivity index (χ1v) is 31.5. The highest BCUT2D eigenvalue weighted by Gasteiger charge is 2.19. The number of hydrogen-bond donors (Lipinski definition) is 0. The summed E-state index contributed by atoms with van der Waals surface area (Å²) in [4.78, 5) is 38.1. The van der Waals surface area contributed by atoms with Gasteiger partial charge in [0.1, 0.15) is 13.2 Å². The van der Waals surface area contributed by atoms with Crippen LogP contribution < -0.4 is 0 Å². The van der Waals surface area contributed by atoms with Crippen molar-refractivity contribution in [3.05, 3.63) is 0 Å². The summed E-state index contributed by atoms with van der Waals surface area (Å²) < 4.78 is 16.9. The summed E-state index contributed by atoms with van der Waals surface area (Å²) in [6, 6.07) is 0. The van der Waals surface area contributed by atoms with E-state index in [9.17, 15) is 14.4 Å². The van der Waals surface area contributed by atoms with Gasteiger partial charge in [0.25, 0.3) is 0 Å². The van der Waals surface area contributed by atoms with Crippen LogP contribution in [0, 0.1) is 0 Å². The molecule has 0 fully saturated rings. The molecule has 0 saturated carbocycles. The van der Waals surface area contributed by atoms with Gasteiger partial charge >= 0.3 is 17.9 Å². The second-order valence-corrected chi connectivity index (χ2v) is 21.3. The Hall–Kier alpha value is -1.59. The summed E-state index contributed by atoms with van der Waals surface area (Å²) in [5.74, 6) is -0.832. The molecule has 0 bridgehead atoms. The minimum Gasteiger partial charge on any atom is -0.462 e. The topological polar surface area (TPSA) is 78.9 Å². The molecule has 0 radical (unpaired) electrons. The number of rotatable bonds is 56. The van der Waals surface area contributed by atoms with Crippen molar-refractivity contribution < 1.29 is 28.6 Å². The zero-order valence-electron chi connectivity index (χ0n) is 47.7. The second kappa shape index (κ2) is 62.5. The minimum absolute atomic E-state index is 0.0611. The number of ether oxygens (including phenoxy) is 3. The van der Waals surface area contributed by atoms with Crippen LogP contribution in [0.1, 0.15) is 369 Å². The molecule has 412 valence electrons. The number of hydrogen-bond acceptors (Lipinski definition) is 6. The third-order valence-corrected chi connectivity index (χ3v) is 14.1. The maximum atomic E-state index is 12.8. The summed E-state index contributed by atoms with van der Waals surface area (Å²) in [5, 5.41) is 0. The van der Waals surface area contributed by atoms with Crippen LogP contribution in [0.25, 0.3) is 0 Å². The van der Waals surface area contributed by atoms with Crippen molar-refractivity contribution in [2.24, 2.45) is 0 Å². The van der Waals surface area contributed by atoms with Crippen molar-refractivity contribution in [3.8, 4) is 0 Å². The molecule has 0 amide bonds. The van der Waals surface area contributed by atoms with Gasteiger partial charge in [-0.1, -0.05) is 330 Å². The summed E-state index contributed by atoms with van der Waals surface area (Å²) in [6.07, 6.45) is 63.5. The molecule has 6 heteroatoms. The van der Waals surface area contributed by atoms with E-state index in [4.69, 9.17) is 14.2 Å². The van der Waals surface area contributed by atoms with Crippen LogP contribution in [0.5, 0.6) is 0 Å². The average Bonchev–Trinajstić information content (AvgIpc) is 3.35. The Bertz CT molecular complexity index is 944. The maximum absolute atomic E-state index is 12.8. The standard InChI is InChI=1S/C57H110O6.C6H14/c1-4-7-10-13-16-19-22-25-28-31-34-37-40-43-46-49-55(58)61-52-54(63-57(60)51-48-45-42-39-36-33-30-27-24-21-18-15-12-9-6-3)53-62-56(59)50-47-44-41-38-35-32-29-26-23-20-17-14-11-8-5-2;1-3-5-6-4-2/h54H,4-53H2,1-3H3;3-6H2,1-2H3. The van der Waals surface area contributed by atoms with Gasteiger partial charge in [-0.15, -0.1) is 0 Å². The minimum atomic E-state index is -0.760. The molecule has 0 heterocycles. The lowest BCUT2D eigenvalue weighted by molar-refractivity contribution is -0.167. The van der Waals surface area contributed by atoms with Crippen LogP contribution >= 0.6 is 0 Å². The van der Waals surface area contributed by atoms with Crippen LogP contribution in [0.2, 0.25) is 0 Å². The van der Waals surface area contributed by atoms with Crippen molar-refractivity contribution in [3.63, 3.8) is 0 Å². The van der Waals surface area contributed by atoms with Gasteiger partial charge in [-0.2, -0.15) is 0 Å². The zero-order valence-corrected chi connectivity index (χ0v) is 47.7. The molecule has 0 aromatic heterocycles. The average molecular weight is 978 g/mol. The summed E-state index contributed by atoms with van der Waals surface area (Å²) in [5.41, 5.74) is 0. The third kappa shape index (κ3) is 62.5. The molecule has 0 rings (SSSR count). The van der Waals surface area contributed by atoms with E-state index >= 15 is 0 Å². The lowest BCUT2D eigenvalue weighted by atomic mass is 10.0. The van der Waals surface area contributed by atoms with Crippen molar-refractivity contribution in [1.29, 1.82) is 0 Å². The van der Waals surface area contributed by atoms with Crippen molar-refractivity contribution in [2.75, 3.05) is 13.2 Å². The Morgan fingerprint density at radius 1 is 0.232 bits per heavy atom. The molecule has 0 unspecified atom stereocenters. The number of carbonyl (C=O) groups excluding carboxylic acids is 3. The smallest absolute Gasteiger partial charge is 0.306 e. The van der Waals surface area contributed by atoms with Crippen LogP contribution in [0.4, 0.5) is 0 Å². The molecule has 0 aliphatic heterocycles. The van der Waals surface area contributed by atoms with Gasteiger partial charge in [-0.05, 0) is 19.3 Å². The van der Waals surface area contributed by atoms with Crippen LogP contribution in [-0.4, -0.2) is 37.2 Å². The first-order chi connectivity index (χ1) is 33.9. The SMILES string of the molecule is CCCCCC.CCCCCCCCCCCCCCCCCC(=O)OCC(COC(=O)CCCCCCCCCCCCCCCCC)OC(=O)CCCCCCCCCCCCCCCCC. The Morgan fingerprint density at radius 2 is 0.391 bits per heavy atom. The zero-order chi connectivity index (χ0) is 50.6. The van der Waals surface area contributed by atoms with E-state index in [2.05, 4.69) is 34.6 Å². The number of esters is 3. The molecular formula is C63H124O6. The van der Waals surface area contributed by atoms with Gasteiger partial charge in [-0.3, -0.25) is 14.4 Å². The highest BCUT2D eigenvalue weighted by Crippen LogP contribution is 2.18. The predicted molar refractivity (Wildman–Crippen MR) is 300 cm³/mol. The first kappa shape index (κ1) is 69.5. The van der Waals surface area contributed by atoms with E-state index in [1.807, 2.05) is 0 Å². The number of unbranched alkanes of at least 4 members (excludes halogenated alkanes) is 45. The molecule has 0 aromatic carbocycles. The molecule has 0 aliphatic rings. The summed E-state index contributed by atoms with van der Waals surface area (Å²) in [7, 11) is 0. The van der Waals surface area contributed by atoms with Gasteiger partial charge < -0.3 is 14.2 Å². The van der Waals surface area contributed by atoms with Crippen molar-refractivity contribution >= 4 is 17.9 Å². The molecule has 0 saturated heterocycles. The van der Waals surface area contributed by atoms with Crippen LogP contribution in [0.3, 0.4) is 0 Å². The Balaban J connectivity index is 0. The fraction of sp³-hybridized carbons (Fsp3) is 0.952. The molecule has 0 spiro atoms. The van der Waals surface area contributed by atoms with Crippen molar-refractivity contribution in [2.45, 2.75) is 375 Å².